The smallest absolute Gasteiger partial charge is 0.311 e. The van der Waals surface area contributed by atoms with Gasteiger partial charge in [-0.1, -0.05) is 0 Å². The third-order valence-electron chi connectivity index (χ3n) is 3.72. The highest BCUT2D eigenvalue weighted by atomic mass is 32.2. The molecule has 21 heavy (non-hydrogen) atoms. The summed E-state index contributed by atoms with van der Waals surface area (Å²) >= 11 is 0. The molecule has 0 radical (unpaired) electrons. The molecule has 0 aromatic heterocycles. The third kappa shape index (κ3) is 3.72. The fraction of sp³-hybridized carbons (Fsp3) is 0.462. The monoisotopic (exact) mass is 314 g/mol. The van der Waals surface area contributed by atoms with Crippen LogP contribution in [0.3, 0.4) is 0 Å². The maximum absolute atomic E-state index is 11.5. The van der Waals surface area contributed by atoms with Gasteiger partial charge in [-0.2, -0.15) is 0 Å². The van der Waals surface area contributed by atoms with Gasteiger partial charge in [-0.05, 0) is 37.1 Å². The number of ether oxygens (including phenoxy) is 1. The van der Waals surface area contributed by atoms with Crippen LogP contribution >= 0.6 is 0 Å². The molecule has 116 valence electrons. The molecule has 0 bridgehead atoms. The molecule has 1 heterocycles. The number of primary sulfonamides is 1. The Morgan fingerprint density at radius 3 is 2.33 bits per heavy atom. The van der Waals surface area contributed by atoms with Crippen LogP contribution in [-0.2, 0) is 19.6 Å². The van der Waals surface area contributed by atoms with Gasteiger partial charge in [0.1, 0.15) is 0 Å². The van der Waals surface area contributed by atoms with Crippen LogP contribution < -0.4 is 10.5 Å². The summed E-state index contributed by atoms with van der Waals surface area (Å²) in [5.74, 6) is -0.848. The largest absolute Gasteiger partial charge is 0.481 e. The van der Waals surface area contributed by atoms with E-state index in [9.17, 15) is 18.3 Å². The molecule has 1 fully saturated rings. The van der Waals surface area contributed by atoms with Crippen molar-refractivity contribution in [2.75, 3.05) is 25.1 Å². The Bertz CT molecular complexity index is 606. The Morgan fingerprint density at radius 1 is 1.29 bits per heavy atom. The van der Waals surface area contributed by atoms with Gasteiger partial charge in [-0.3, -0.25) is 4.79 Å². The van der Waals surface area contributed by atoms with E-state index in [1.165, 1.54) is 12.1 Å². The first-order valence-corrected chi connectivity index (χ1v) is 8.06. The summed E-state index contributed by atoms with van der Waals surface area (Å²) in [6.45, 7) is 1.12. The number of sulfonamides is 1. The predicted octanol–water partition coefficient (Wildman–Crippen LogP) is 0.627. The van der Waals surface area contributed by atoms with Gasteiger partial charge >= 0.3 is 5.97 Å². The van der Waals surface area contributed by atoms with Crippen LogP contribution in [0.15, 0.2) is 29.2 Å². The summed E-state index contributed by atoms with van der Waals surface area (Å²) in [6, 6.07) is 5.90. The van der Waals surface area contributed by atoms with Crippen molar-refractivity contribution in [1.29, 1.82) is 0 Å². The normalized spacial score (nSPS) is 18.1. The Morgan fingerprint density at radius 2 is 1.86 bits per heavy atom. The van der Waals surface area contributed by atoms with E-state index in [-0.39, 0.29) is 11.4 Å². The molecule has 8 heteroatoms. The van der Waals surface area contributed by atoms with Gasteiger partial charge in [-0.15, -0.1) is 0 Å². The summed E-state index contributed by atoms with van der Waals surface area (Å²) in [5, 5.41) is 17.5. The standard InChI is InChI=1S/C13H18N2O5S/c14-21(18,19)11-3-1-10(2-4-11)15-9-13(12(16)17)5-7-20-8-6-13/h1-4,15H,5-9H2,(H,16,17)(H2,14,18,19). The van der Waals surface area contributed by atoms with Gasteiger partial charge < -0.3 is 15.2 Å². The molecule has 0 atom stereocenters. The number of aliphatic carboxylic acids is 1. The Balaban J connectivity index is 2.06. The van der Waals surface area contributed by atoms with Crippen molar-refractivity contribution in [3.05, 3.63) is 24.3 Å². The quantitative estimate of drug-likeness (QED) is 0.733. The van der Waals surface area contributed by atoms with Crippen molar-refractivity contribution in [3.8, 4) is 0 Å². The van der Waals surface area contributed by atoms with E-state index < -0.39 is 21.4 Å². The zero-order chi connectivity index (χ0) is 15.5. The number of hydrogen-bond acceptors (Lipinski definition) is 5. The number of carboxylic acids is 1. The first-order chi connectivity index (χ1) is 9.83. The molecule has 1 aromatic rings. The van der Waals surface area contributed by atoms with Crippen LogP contribution in [-0.4, -0.2) is 39.3 Å². The summed E-state index contributed by atoms with van der Waals surface area (Å²) in [4.78, 5) is 11.5. The van der Waals surface area contributed by atoms with E-state index >= 15 is 0 Å². The number of nitrogens with two attached hydrogens (primary N) is 1. The van der Waals surface area contributed by atoms with Crippen LogP contribution in [0.1, 0.15) is 12.8 Å². The lowest BCUT2D eigenvalue weighted by Gasteiger charge is -2.33. The molecular formula is C13H18N2O5S. The van der Waals surface area contributed by atoms with Crippen molar-refractivity contribution in [1.82, 2.24) is 0 Å². The molecule has 0 amide bonds. The molecule has 1 aliphatic heterocycles. The molecule has 0 spiro atoms. The number of benzene rings is 1. The lowest BCUT2D eigenvalue weighted by molar-refractivity contribution is -0.153. The number of anilines is 1. The minimum atomic E-state index is -3.72. The molecule has 1 aliphatic rings. The van der Waals surface area contributed by atoms with E-state index in [0.29, 0.717) is 31.7 Å². The lowest BCUT2D eigenvalue weighted by Crippen LogP contribution is -2.42. The SMILES string of the molecule is NS(=O)(=O)c1ccc(NCC2(C(=O)O)CCOCC2)cc1. The van der Waals surface area contributed by atoms with Crippen molar-refractivity contribution >= 4 is 21.7 Å². The minimum absolute atomic E-state index is 0.0204. The van der Waals surface area contributed by atoms with Crippen molar-refractivity contribution in [2.24, 2.45) is 10.6 Å². The zero-order valence-electron chi connectivity index (χ0n) is 11.4. The Kier molecular flexibility index (Phi) is 4.50. The molecule has 2 rings (SSSR count). The van der Waals surface area contributed by atoms with E-state index in [4.69, 9.17) is 9.88 Å². The van der Waals surface area contributed by atoms with E-state index in [0.717, 1.165) is 0 Å². The van der Waals surface area contributed by atoms with Crippen molar-refractivity contribution in [3.63, 3.8) is 0 Å². The Hall–Kier alpha value is -1.64. The minimum Gasteiger partial charge on any atom is -0.481 e. The second kappa shape index (κ2) is 6.00. The molecule has 7 nitrogen and oxygen atoms in total. The number of carbonyl (C=O) groups is 1. The average Bonchev–Trinajstić information content (AvgIpc) is 2.45. The highest BCUT2D eigenvalue weighted by molar-refractivity contribution is 7.89. The fourth-order valence-electron chi connectivity index (χ4n) is 2.26. The molecule has 1 saturated heterocycles. The number of rotatable bonds is 5. The third-order valence-corrected chi connectivity index (χ3v) is 4.65. The fourth-order valence-corrected chi connectivity index (χ4v) is 2.78. The molecule has 1 aromatic carbocycles. The van der Waals surface area contributed by atoms with Gasteiger partial charge in [0, 0.05) is 25.4 Å². The molecular weight excluding hydrogens is 296 g/mol. The highest BCUT2D eigenvalue weighted by Crippen LogP contribution is 2.31. The Labute approximate surface area is 123 Å². The van der Waals surface area contributed by atoms with Gasteiger partial charge in [0.05, 0.1) is 10.3 Å². The number of carboxylic acid groups (broad SMARTS) is 1. The van der Waals surface area contributed by atoms with E-state index in [2.05, 4.69) is 5.32 Å². The van der Waals surface area contributed by atoms with E-state index in [1.807, 2.05) is 0 Å². The molecule has 0 aliphatic carbocycles. The topological polar surface area (TPSA) is 119 Å². The lowest BCUT2D eigenvalue weighted by atomic mass is 9.80. The maximum Gasteiger partial charge on any atom is 0.311 e. The van der Waals surface area contributed by atoms with Crippen LogP contribution in [0.25, 0.3) is 0 Å². The second-order valence-electron chi connectivity index (χ2n) is 5.12. The highest BCUT2D eigenvalue weighted by Gasteiger charge is 2.40. The molecule has 0 unspecified atom stereocenters. The van der Waals surface area contributed by atoms with Crippen LogP contribution in [0.4, 0.5) is 5.69 Å². The molecule has 0 saturated carbocycles. The first kappa shape index (κ1) is 15.7. The van der Waals surface area contributed by atoms with E-state index in [1.54, 1.807) is 12.1 Å². The summed E-state index contributed by atoms with van der Waals surface area (Å²) < 4.78 is 27.5. The van der Waals surface area contributed by atoms with Crippen LogP contribution in [0, 0.1) is 5.41 Å². The van der Waals surface area contributed by atoms with Crippen LogP contribution in [0.5, 0.6) is 0 Å². The number of hydrogen-bond donors (Lipinski definition) is 3. The maximum atomic E-state index is 11.5. The first-order valence-electron chi connectivity index (χ1n) is 6.51. The summed E-state index contributed by atoms with van der Waals surface area (Å²) in [5.41, 5.74) is -0.203. The number of nitrogens with one attached hydrogen (secondary N) is 1. The summed E-state index contributed by atoms with van der Waals surface area (Å²) in [6.07, 6.45) is 0.898. The summed E-state index contributed by atoms with van der Waals surface area (Å²) in [7, 11) is -3.72. The predicted molar refractivity (Wildman–Crippen MR) is 76.4 cm³/mol. The van der Waals surface area contributed by atoms with Crippen molar-refractivity contribution < 1.29 is 23.1 Å². The van der Waals surface area contributed by atoms with Crippen LogP contribution in [0.2, 0.25) is 0 Å². The molecule has 4 N–H and O–H groups in total. The van der Waals surface area contributed by atoms with Gasteiger partial charge in [0.15, 0.2) is 0 Å². The van der Waals surface area contributed by atoms with Gasteiger partial charge in [0.2, 0.25) is 10.0 Å². The average molecular weight is 314 g/mol. The zero-order valence-corrected chi connectivity index (χ0v) is 12.2. The van der Waals surface area contributed by atoms with Gasteiger partial charge in [0.25, 0.3) is 0 Å². The van der Waals surface area contributed by atoms with Crippen molar-refractivity contribution in [2.45, 2.75) is 17.7 Å². The van der Waals surface area contributed by atoms with Gasteiger partial charge in [-0.25, -0.2) is 13.6 Å². The second-order valence-corrected chi connectivity index (χ2v) is 6.68.